The molecule has 1 unspecified atom stereocenters. The first-order chi connectivity index (χ1) is 14.8. The molecule has 2 heterocycles. The van der Waals surface area contributed by atoms with Gasteiger partial charge in [-0.05, 0) is 49.5 Å². The first-order valence-electron chi connectivity index (χ1n) is 9.08. The van der Waals surface area contributed by atoms with Crippen molar-refractivity contribution in [2.24, 2.45) is 0 Å². The summed E-state index contributed by atoms with van der Waals surface area (Å²) in [5.74, 6) is -2.24. The number of H-pyrrole nitrogens is 2. The molecule has 0 aliphatic heterocycles. The number of anilines is 1. The van der Waals surface area contributed by atoms with E-state index < -0.39 is 29.2 Å². The molecule has 2 aromatic carbocycles. The van der Waals surface area contributed by atoms with Crippen LogP contribution in [-0.4, -0.2) is 38.6 Å². The maximum Gasteiger partial charge on any atom is 0.328 e. The van der Waals surface area contributed by atoms with Gasteiger partial charge in [-0.15, -0.1) is 0 Å². The highest BCUT2D eigenvalue weighted by molar-refractivity contribution is 7.71. The largest absolute Gasteiger partial charge is 0.467 e. The zero-order chi connectivity index (χ0) is 22.3. The van der Waals surface area contributed by atoms with Gasteiger partial charge in [-0.25, -0.2) is 18.6 Å². The van der Waals surface area contributed by atoms with Crippen molar-refractivity contribution in [1.82, 2.24) is 19.5 Å². The number of benzene rings is 2. The van der Waals surface area contributed by atoms with Crippen molar-refractivity contribution in [3.8, 4) is 16.9 Å². The molecule has 4 rings (SSSR count). The van der Waals surface area contributed by atoms with Gasteiger partial charge in [0.05, 0.1) is 40.7 Å². The number of hydrogen-bond donors (Lipinski definition) is 3. The third-order valence-corrected chi connectivity index (χ3v) is 5.33. The number of aromatic nitrogens is 4. The fourth-order valence-corrected chi connectivity index (χ4v) is 3.74. The van der Waals surface area contributed by atoms with Gasteiger partial charge in [0, 0.05) is 0 Å². The number of methoxy groups -OCH3 is 1. The monoisotopic (exact) mass is 463 g/mol. The van der Waals surface area contributed by atoms with E-state index in [1.165, 1.54) is 18.0 Å². The van der Waals surface area contributed by atoms with Crippen molar-refractivity contribution in [3.05, 3.63) is 58.1 Å². The Morgan fingerprint density at radius 3 is 2.84 bits per heavy atom. The van der Waals surface area contributed by atoms with E-state index in [0.29, 0.717) is 16.7 Å². The van der Waals surface area contributed by atoms with Crippen LogP contribution in [0.1, 0.15) is 6.92 Å². The summed E-state index contributed by atoms with van der Waals surface area (Å²) >= 11 is 11.4. The summed E-state index contributed by atoms with van der Waals surface area (Å²) in [5.41, 5.74) is 1.58. The summed E-state index contributed by atoms with van der Waals surface area (Å²) in [6, 6.07) is 6.56. The van der Waals surface area contributed by atoms with Crippen LogP contribution >= 0.6 is 23.8 Å². The molecule has 7 nitrogen and oxygen atoms in total. The number of rotatable bonds is 5. The molecule has 0 bridgehead atoms. The molecule has 3 N–H and O–H groups in total. The number of carbonyl (C=O) groups excluding carboxylic acids is 1. The van der Waals surface area contributed by atoms with Gasteiger partial charge in [-0.2, -0.15) is 0 Å². The molecule has 0 spiro atoms. The van der Waals surface area contributed by atoms with E-state index in [0.717, 1.165) is 12.1 Å². The fraction of sp³-hybridized carbons (Fsp3) is 0.150. The quantitative estimate of drug-likeness (QED) is 0.221. The zero-order valence-electron chi connectivity index (χ0n) is 16.3. The molecular formula is C20H16ClF2N5O2S. The minimum absolute atomic E-state index is 0.0390. The molecule has 0 saturated carbocycles. The molecule has 160 valence electrons. The zero-order valence-corrected chi connectivity index (χ0v) is 17.9. The van der Waals surface area contributed by atoms with Gasteiger partial charge in [-0.3, -0.25) is 4.57 Å². The molecule has 1 atom stereocenters. The predicted octanol–water partition coefficient (Wildman–Crippen LogP) is 4.98. The maximum atomic E-state index is 15.0. The molecule has 0 amide bonds. The molecule has 0 aliphatic rings. The molecule has 0 saturated heterocycles. The Morgan fingerprint density at radius 2 is 2.10 bits per heavy atom. The minimum Gasteiger partial charge on any atom is -0.467 e. The van der Waals surface area contributed by atoms with Crippen molar-refractivity contribution in [2.75, 3.05) is 12.4 Å². The number of ether oxygens (including phenoxy) is 1. The van der Waals surface area contributed by atoms with Crippen LogP contribution in [0.5, 0.6) is 0 Å². The van der Waals surface area contributed by atoms with E-state index in [2.05, 4.69) is 20.3 Å². The average molecular weight is 464 g/mol. The highest BCUT2D eigenvalue weighted by atomic mass is 35.5. The van der Waals surface area contributed by atoms with Crippen LogP contribution in [-0.2, 0) is 9.53 Å². The van der Waals surface area contributed by atoms with Crippen LogP contribution < -0.4 is 5.32 Å². The van der Waals surface area contributed by atoms with Gasteiger partial charge in [0.25, 0.3) is 0 Å². The van der Waals surface area contributed by atoms with Crippen molar-refractivity contribution in [3.63, 3.8) is 0 Å². The van der Waals surface area contributed by atoms with E-state index in [4.69, 9.17) is 28.6 Å². The number of fused-ring (bicyclic) bond motifs is 1. The van der Waals surface area contributed by atoms with E-state index in [9.17, 15) is 9.18 Å². The van der Waals surface area contributed by atoms with Crippen molar-refractivity contribution in [1.29, 1.82) is 0 Å². The molecule has 4 aromatic rings. The lowest BCUT2D eigenvalue weighted by Crippen LogP contribution is -2.27. The molecule has 31 heavy (non-hydrogen) atoms. The standard InChI is InChI=1S/C20H16ClF2N5O2S/c1-9(19(29)30-2)26-18-17(15-12(22)5-4-11(21)16(15)23)28(20(31)27-18)10-3-6-13-14(7-10)25-8-24-13/h3-9,26H,1-2H3,(H,24,25)(H,27,31). The highest BCUT2D eigenvalue weighted by Gasteiger charge is 2.26. The van der Waals surface area contributed by atoms with Crippen LogP contribution in [0, 0.1) is 16.4 Å². The summed E-state index contributed by atoms with van der Waals surface area (Å²) in [7, 11) is 1.24. The summed E-state index contributed by atoms with van der Waals surface area (Å²) in [6.07, 6.45) is 1.53. The maximum absolute atomic E-state index is 15.0. The number of esters is 1. The summed E-state index contributed by atoms with van der Waals surface area (Å²) in [6.45, 7) is 1.55. The van der Waals surface area contributed by atoms with Crippen molar-refractivity contribution >= 4 is 46.6 Å². The number of aromatic amines is 2. The Bertz CT molecular complexity index is 1360. The van der Waals surface area contributed by atoms with E-state index in [1.54, 1.807) is 25.1 Å². The number of nitrogens with zero attached hydrogens (tertiary/aromatic N) is 2. The van der Waals surface area contributed by atoms with Gasteiger partial charge < -0.3 is 20.0 Å². The van der Waals surface area contributed by atoms with Crippen LogP contribution in [0.25, 0.3) is 28.0 Å². The first kappa shape index (κ1) is 21.0. The number of halogens is 3. The average Bonchev–Trinajstić information content (AvgIpc) is 3.34. The van der Waals surface area contributed by atoms with Gasteiger partial charge in [-0.1, -0.05) is 11.6 Å². The third-order valence-electron chi connectivity index (χ3n) is 4.75. The molecule has 0 radical (unpaired) electrons. The summed E-state index contributed by atoms with van der Waals surface area (Å²) < 4.78 is 36.2. The van der Waals surface area contributed by atoms with Gasteiger partial charge in [0.2, 0.25) is 0 Å². The third kappa shape index (κ3) is 3.68. The van der Waals surface area contributed by atoms with Crippen LogP contribution in [0.2, 0.25) is 5.02 Å². The normalized spacial score (nSPS) is 12.2. The SMILES string of the molecule is COC(=O)C(C)Nc1[nH]c(=S)n(-c2ccc3nc[nH]c3c2)c1-c1c(F)ccc(Cl)c1F. The number of imidazole rings is 2. The predicted molar refractivity (Wildman–Crippen MR) is 116 cm³/mol. The number of carbonyl (C=O) groups is 1. The summed E-state index contributed by atoms with van der Waals surface area (Å²) in [5, 5.41) is 2.62. The van der Waals surface area contributed by atoms with Gasteiger partial charge in [0.1, 0.15) is 23.4 Å². The minimum atomic E-state index is -0.958. The molecule has 0 aliphatic carbocycles. The second-order valence-corrected chi connectivity index (χ2v) is 7.49. The van der Waals surface area contributed by atoms with E-state index >= 15 is 4.39 Å². The second kappa shape index (κ2) is 8.12. The van der Waals surface area contributed by atoms with E-state index in [-0.39, 0.29) is 21.3 Å². The fourth-order valence-electron chi connectivity index (χ4n) is 3.28. The van der Waals surface area contributed by atoms with Crippen molar-refractivity contribution in [2.45, 2.75) is 13.0 Å². The lowest BCUT2D eigenvalue weighted by molar-refractivity contribution is -0.141. The number of nitrogens with one attached hydrogen (secondary N) is 3. The first-order valence-corrected chi connectivity index (χ1v) is 9.87. The highest BCUT2D eigenvalue weighted by Crippen LogP contribution is 2.37. The Hall–Kier alpha value is -3.24. The Morgan fingerprint density at radius 1 is 1.32 bits per heavy atom. The second-order valence-electron chi connectivity index (χ2n) is 6.70. The lowest BCUT2D eigenvalue weighted by Gasteiger charge is -2.16. The molecule has 0 fully saturated rings. The van der Waals surface area contributed by atoms with Gasteiger partial charge in [0.15, 0.2) is 10.6 Å². The molecule has 2 aromatic heterocycles. The molecular weight excluding hydrogens is 448 g/mol. The number of hydrogen-bond acceptors (Lipinski definition) is 5. The van der Waals surface area contributed by atoms with Crippen molar-refractivity contribution < 1.29 is 18.3 Å². The summed E-state index contributed by atoms with van der Waals surface area (Å²) in [4.78, 5) is 22.0. The van der Waals surface area contributed by atoms with Crippen LogP contribution in [0.15, 0.2) is 36.7 Å². The topological polar surface area (TPSA) is 87.7 Å². The van der Waals surface area contributed by atoms with E-state index in [1.807, 2.05) is 0 Å². The van der Waals surface area contributed by atoms with Crippen LogP contribution in [0.4, 0.5) is 14.6 Å². The molecule has 11 heteroatoms. The smallest absolute Gasteiger partial charge is 0.328 e. The Labute approximate surface area is 185 Å². The lowest BCUT2D eigenvalue weighted by atomic mass is 10.1. The Kier molecular flexibility index (Phi) is 5.50. The Balaban J connectivity index is 2.00. The van der Waals surface area contributed by atoms with Gasteiger partial charge >= 0.3 is 5.97 Å². The van der Waals surface area contributed by atoms with Crippen LogP contribution in [0.3, 0.4) is 0 Å².